The Balaban J connectivity index is 2.14. The topological polar surface area (TPSA) is 29.9 Å². The van der Waals surface area contributed by atoms with E-state index >= 15 is 0 Å². The second-order valence-corrected chi connectivity index (χ2v) is 4.39. The highest BCUT2D eigenvalue weighted by Gasteiger charge is 2.12. The summed E-state index contributed by atoms with van der Waals surface area (Å²) in [5, 5.41) is 7.70. The number of halogens is 1. The van der Waals surface area contributed by atoms with E-state index in [0.717, 1.165) is 26.1 Å². The Morgan fingerprint density at radius 3 is 3.27 bits per heavy atom. The Kier molecular flexibility index (Phi) is 3.44. The molecule has 0 saturated carbocycles. The Hall–Kier alpha value is -0.800. The van der Waals surface area contributed by atoms with Crippen molar-refractivity contribution >= 4 is 17.2 Å². The zero-order valence-corrected chi connectivity index (χ0v) is 9.67. The molecular weight excluding hydrogens is 210 g/mol. The van der Waals surface area contributed by atoms with Crippen LogP contribution >= 0.6 is 11.6 Å². The molecule has 0 aliphatic carbocycles. The second-order valence-electron chi connectivity index (χ2n) is 3.83. The number of nitrogens with one attached hydrogen (secondary N) is 1. The van der Waals surface area contributed by atoms with Crippen molar-refractivity contribution in [1.82, 2.24) is 15.1 Å². The van der Waals surface area contributed by atoms with Crippen LogP contribution in [0.1, 0.15) is 18.9 Å². The van der Waals surface area contributed by atoms with E-state index in [-0.39, 0.29) is 5.38 Å². The molecule has 0 amide bonds. The van der Waals surface area contributed by atoms with Crippen molar-refractivity contribution in [1.29, 1.82) is 0 Å². The summed E-state index contributed by atoms with van der Waals surface area (Å²) in [4.78, 5) is 0. The second kappa shape index (κ2) is 4.81. The van der Waals surface area contributed by atoms with E-state index in [1.54, 1.807) is 0 Å². The van der Waals surface area contributed by atoms with Gasteiger partial charge in [-0.05, 0) is 12.0 Å². The Bertz CT molecular complexity index is 356. The fraction of sp³-hybridized carbons (Fsp3) is 0.545. The van der Waals surface area contributed by atoms with Gasteiger partial charge in [0.25, 0.3) is 0 Å². The van der Waals surface area contributed by atoms with Gasteiger partial charge in [0.15, 0.2) is 0 Å². The third-order valence-corrected chi connectivity index (χ3v) is 2.77. The van der Waals surface area contributed by atoms with Crippen LogP contribution in [0.2, 0.25) is 0 Å². The Labute approximate surface area is 95.1 Å². The van der Waals surface area contributed by atoms with Crippen molar-refractivity contribution in [2.75, 3.05) is 13.1 Å². The summed E-state index contributed by atoms with van der Waals surface area (Å²) in [7, 11) is 0. The standard InChI is InChI=1S/C11H16ClN3/c1-2-3-15-8-10(6-14-15)9-4-11(12)7-13-5-9/h4,6,8,11,13H,2-3,5,7H2,1H3. The number of alkyl halides is 1. The summed E-state index contributed by atoms with van der Waals surface area (Å²) in [5.41, 5.74) is 2.44. The van der Waals surface area contributed by atoms with Gasteiger partial charge in [0.05, 0.1) is 11.6 Å². The van der Waals surface area contributed by atoms with Crippen molar-refractivity contribution in [3.05, 3.63) is 24.0 Å². The van der Waals surface area contributed by atoms with Crippen molar-refractivity contribution < 1.29 is 0 Å². The van der Waals surface area contributed by atoms with Gasteiger partial charge in [-0.25, -0.2) is 0 Å². The predicted molar refractivity (Wildman–Crippen MR) is 63.0 cm³/mol. The number of nitrogens with zero attached hydrogens (tertiary/aromatic N) is 2. The summed E-state index contributed by atoms with van der Waals surface area (Å²) in [6.07, 6.45) is 7.23. The molecule has 1 unspecified atom stereocenters. The molecule has 0 spiro atoms. The Morgan fingerprint density at radius 1 is 1.67 bits per heavy atom. The fourth-order valence-corrected chi connectivity index (χ4v) is 2.02. The first-order valence-corrected chi connectivity index (χ1v) is 5.81. The van der Waals surface area contributed by atoms with Gasteiger partial charge in [-0.15, -0.1) is 11.6 Å². The monoisotopic (exact) mass is 225 g/mol. The van der Waals surface area contributed by atoms with Gasteiger partial charge in [-0.1, -0.05) is 13.0 Å². The van der Waals surface area contributed by atoms with Gasteiger partial charge in [0.2, 0.25) is 0 Å². The van der Waals surface area contributed by atoms with Crippen LogP contribution in [-0.4, -0.2) is 28.2 Å². The molecule has 2 rings (SSSR count). The first-order chi connectivity index (χ1) is 7.29. The summed E-state index contributed by atoms with van der Waals surface area (Å²) >= 11 is 6.06. The number of aromatic nitrogens is 2. The molecule has 82 valence electrons. The van der Waals surface area contributed by atoms with Crippen LogP contribution < -0.4 is 5.32 Å². The molecule has 0 bridgehead atoms. The summed E-state index contributed by atoms with van der Waals surface area (Å²) < 4.78 is 1.98. The highest BCUT2D eigenvalue weighted by Crippen LogP contribution is 2.18. The van der Waals surface area contributed by atoms with Gasteiger partial charge < -0.3 is 5.32 Å². The van der Waals surface area contributed by atoms with Gasteiger partial charge in [-0.3, -0.25) is 4.68 Å². The first-order valence-electron chi connectivity index (χ1n) is 5.38. The average Bonchev–Trinajstić information content (AvgIpc) is 2.67. The van der Waals surface area contributed by atoms with Gasteiger partial charge in [0, 0.05) is 31.4 Å². The molecule has 0 aromatic carbocycles. The van der Waals surface area contributed by atoms with Gasteiger partial charge in [0.1, 0.15) is 0 Å². The van der Waals surface area contributed by atoms with E-state index in [1.165, 1.54) is 11.1 Å². The predicted octanol–water partition coefficient (Wildman–Crippen LogP) is 1.89. The summed E-state index contributed by atoms with van der Waals surface area (Å²) in [6.45, 7) is 4.87. The largest absolute Gasteiger partial charge is 0.311 e. The minimum atomic E-state index is 0.100. The molecule has 0 fully saturated rings. The summed E-state index contributed by atoms with van der Waals surface area (Å²) in [5.74, 6) is 0. The molecular formula is C11H16ClN3. The van der Waals surface area contributed by atoms with Crippen molar-refractivity contribution in [3.8, 4) is 0 Å². The zero-order valence-electron chi connectivity index (χ0n) is 8.91. The SMILES string of the molecule is CCCn1cc(C2=CC(Cl)CNC2)cn1. The van der Waals surface area contributed by atoms with E-state index in [9.17, 15) is 0 Å². The first kappa shape index (κ1) is 10.7. The maximum Gasteiger partial charge on any atom is 0.0647 e. The van der Waals surface area contributed by atoms with Crippen molar-refractivity contribution in [2.45, 2.75) is 25.3 Å². The lowest BCUT2D eigenvalue weighted by atomic mass is 10.1. The lowest BCUT2D eigenvalue weighted by molar-refractivity contribution is 0.602. The highest BCUT2D eigenvalue weighted by molar-refractivity contribution is 6.22. The lowest BCUT2D eigenvalue weighted by Crippen LogP contribution is -2.28. The maximum atomic E-state index is 6.06. The van der Waals surface area contributed by atoms with E-state index < -0.39 is 0 Å². The molecule has 1 aliphatic heterocycles. The number of aryl methyl sites for hydroxylation is 1. The molecule has 4 heteroatoms. The third-order valence-electron chi connectivity index (χ3n) is 2.49. The molecule has 0 saturated heterocycles. The molecule has 15 heavy (non-hydrogen) atoms. The van der Waals surface area contributed by atoms with E-state index in [4.69, 9.17) is 11.6 Å². The minimum absolute atomic E-state index is 0.100. The van der Waals surface area contributed by atoms with Crippen LogP contribution in [0.5, 0.6) is 0 Å². The highest BCUT2D eigenvalue weighted by atomic mass is 35.5. The van der Waals surface area contributed by atoms with Crippen LogP contribution in [0.3, 0.4) is 0 Å². The molecule has 2 heterocycles. The van der Waals surface area contributed by atoms with Crippen LogP contribution in [-0.2, 0) is 6.54 Å². The average molecular weight is 226 g/mol. The molecule has 1 aromatic heterocycles. The third kappa shape index (κ3) is 2.61. The summed E-state index contributed by atoms with van der Waals surface area (Å²) in [6, 6.07) is 0. The maximum absolute atomic E-state index is 6.06. The van der Waals surface area contributed by atoms with Crippen molar-refractivity contribution in [2.24, 2.45) is 0 Å². The van der Waals surface area contributed by atoms with Crippen LogP contribution in [0.25, 0.3) is 5.57 Å². The van der Waals surface area contributed by atoms with Crippen LogP contribution in [0.4, 0.5) is 0 Å². The molecule has 0 radical (unpaired) electrons. The van der Waals surface area contributed by atoms with Gasteiger partial charge >= 0.3 is 0 Å². The molecule has 3 nitrogen and oxygen atoms in total. The van der Waals surface area contributed by atoms with E-state index in [0.29, 0.717) is 0 Å². The Morgan fingerprint density at radius 2 is 2.53 bits per heavy atom. The quantitative estimate of drug-likeness (QED) is 0.797. The normalized spacial score (nSPS) is 21.5. The lowest BCUT2D eigenvalue weighted by Gasteiger charge is -2.16. The zero-order chi connectivity index (χ0) is 10.7. The molecule has 1 N–H and O–H groups in total. The minimum Gasteiger partial charge on any atom is -0.311 e. The number of hydrogen-bond acceptors (Lipinski definition) is 2. The fourth-order valence-electron chi connectivity index (χ4n) is 1.76. The molecule has 1 aromatic rings. The van der Waals surface area contributed by atoms with Crippen LogP contribution in [0.15, 0.2) is 18.5 Å². The van der Waals surface area contributed by atoms with E-state index in [2.05, 4.69) is 29.6 Å². The van der Waals surface area contributed by atoms with Crippen molar-refractivity contribution in [3.63, 3.8) is 0 Å². The number of rotatable bonds is 3. The van der Waals surface area contributed by atoms with E-state index in [1.807, 2.05) is 10.9 Å². The molecule has 1 aliphatic rings. The van der Waals surface area contributed by atoms with Crippen LogP contribution in [0, 0.1) is 0 Å². The smallest absolute Gasteiger partial charge is 0.0647 e. The van der Waals surface area contributed by atoms with Gasteiger partial charge in [-0.2, -0.15) is 5.10 Å². The number of hydrogen-bond donors (Lipinski definition) is 1. The molecule has 1 atom stereocenters.